The predicted molar refractivity (Wildman–Crippen MR) is 111 cm³/mol. The van der Waals surface area contributed by atoms with Gasteiger partial charge in [0.15, 0.2) is 0 Å². The van der Waals surface area contributed by atoms with Crippen LogP contribution in [0.1, 0.15) is 5.56 Å². The summed E-state index contributed by atoms with van der Waals surface area (Å²) in [4.78, 5) is 2.35. The van der Waals surface area contributed by atoms with Crippen molar-refractivity contribution >= 4 is 21.8 Å². The molecule has 0 saturated carbocycles. The minimum atomic E-state index is 0.951. The van der Waals surface area contributed by atoms with E-state index in [0.29, 0.717) is 0 Å². The summed E-state index contributed by atoms with van der Waals surface area (Å²) in [5, 5.41) is 5.82. The summed E-state index contributed by atoms with van der Waals surface area (Å²) in [6.45, 7) is 2.99. The number of hydrogen-bond donors (Lipinski definition) is 1. The Bertz CT molecular complexity index is 979. The zero-order chi connectivity index (χ0) is 17.9. The Labute approximate surface area is 154 Å². The van der Waals surface area contributed by atoms with Crippen LogP contribution < -0.4 is 5.32 Å². The molecule has 0 fully saturated rings. The number of fused-ring (bicyclic) bond motifs is 3. The lowest BCUT2D eigenvalue weighted by molar-refractivity contribution is 0.328. The van der Waals surface area contributed by atoms with Crippen molar-refractivity contribution < 1.29 is 0 Å². The second-order valence-electron chi connectivity index (χ2n) is 6.88. The molecule has 1 heterocycles. The minimum Gasteiger partial charge on any atom is -0.318 e. The van der Waals surface area contributed by atoms with Crippen molar-refractivity contribution in [2.75, 3.05) is 27.2 Å². The molecule has 0 aliphatic heterocycles. The molecule has 4 aromatic rings. The Hall–Kier alpha value is -2.62. The van der Waals surface area contributed by atoms with Crippen LogP contribution in [0.15, 0.2) is 72.8 Å². The van der Waals surface area contributed by atoms with E-state index in [1.54, 1.807) is 0 Å². The second-order valence-corrected chi connectivity index (χ2v) is 6.88. The number of benzene rings is 3. The maximum atomic E-state index is 3.21. The molecule has 0 saturated heterocycles. The van der Waals surface area contributed by atoms with Crippen molar-refractivity contribution in [3.05, 3.63) is 78.4 Å². The van der Waals surface area contributed by atoms with E-state index in [1.165, 1.54) is 33.1 Å². The van der Waals surface area contributed by atoms with Gasteiger partial charge < -0.3 is 14.8 Å². The fraction of sp³-hybridized carbons (Fsp3) is 0.217. The second kappa shape index (κ2) is 7.32. The number of hydrogen-bond acceptors (Lipinski definition) is 2. The van der Waals surface area contributed by atoms with E-state index in [1.807, 2.05) is 7.05 Å². The Kier molecular flexibility index (Phi) is 4.74. The van der Waals surface area contributed by atoms with E-state index in [4.69, 9.17) is 0 Å². The number of likely N-dealkylation sites (N-methyl/N-ethyl adjacent to an activating group) is 2. The molecule has 3 nitrogen and oxygen atoms in total. The summed E-state index contributed by atoms with van der Waals surface area (Å²) in [7, 11) is 4.17. The molecule has 3 heteroatoms. The lowest BCUT2D eigenvalue weighted by atomic mass is 10.2. The highest BCUT2D eigenvalue weighted by Gasteiger charge is 2.11. The van der Waals surface area contributed by atoms with Gasteiger partial charge in [-0.15, -0.1) is 0 Å². The molecule has 1 N–H and O–H groups in total. The number of aromatic nitrogens is 1. The quantitative estimate of drug-likeness (QED) is 0.559. The van der Waals surface area contributed by atoms with Crippen LogP contribution in [0.25, 0.3) is 27.5 Å². The molecule has 3 aromatic carbocycles. The van der Waals surface area contributed by atoms with Crippen molar-refractivity contribution in [2.24, 2.45) is 0 Å². The summed E-state index contributed by atoms with van der Waals surface area (Å²) in [5.74, 6) is 0. The van der Waals surface area contributed by atoms with E-state index in [-0.39, 0.29) is 0 Å². The Morgan fingerprint density at radius 2 is 1.50 bits per heavy atom. The van der Waals surface area contributed by atoms with Crippen molar-refractivity contribution in [3.8, 4) is 5.69 Å². The molecule has 1 aromatic heterocycles. The van der Waals surface area contributed by atoms with Crippen molar-refractivity contribution in [1.29, 1.82) is 0 Å². The van der Waals surface area contributed by atoms with Crippen LogP contribution in [0.4, 0.5) is 0 Å². The highest BCUT2D eigenvalue weighted by molar-refractivity contribution is 6.09. The first-order chi connectivity index (χ1) is 12.8. The standard InChI is InChI=1S/C23H25N3/c1-24-14-15-25(2)17-18-8-7-9-19(16-18)26-22-12-5-3-10-20(22)21-11-4-6-13-23(21)26/h3-13,16,24H,14-15,17H2,1-2H3. The number of rotatable bonds is 6. The van der Waals surface area contributed by atoms with Crippen LogP contribution in [0.5, 0.6) is 0 Å². The van der Waals surface area contributed by atoms with Gasteiger partial charge in [-0.25, -0.2) is 0 Å². The van der Waals surface area contributed by atoms with E-state index in [2.05, 4.69) is 94.6 Å². The molecular weight excluding hydrogens is 318 g/mol. The van der Waals surface area contributed by atoms with Gasteiger partial charge >= 0.3 is 0 Å². The first-order valence-corrected chi connectivity index (χ1v) is 9.18. The van der Waals surface area contributed by atoms with E-state index in [9.17, 15) is 0 Å². The highest BCUT2D eigenvalue weighted by atomic mass is 15.1. The van der Waals surface area contributed by atoms with Crippen molar-refractivity contribution in [3.63, 3.8) is 0 Å². The fourth-order valence-electron chi connectivity index (χ4n) is 3.69. The van der Waals surface area contributed by atoms with Gasteiger partial charge in [0, 0.05) is 36.1 Å². The fourth-order valence-corrected chi connectivity index (χ4v) is 3.69. The Morgan fingerprint density at radius 1 is 0.846 bits per heavy atom. The molecule has 0 spiro atoms. The lowest BCUT2D eigenvalue weighted by Crippen LogP contribution is -2.26. The van der Waals surface area contributed by atoms with Gasteiger partial charge in [-0.3, -0.25) is 0 Å². The molecule has 0 aliphatic rings. The third-order valence-electron chi connectivity index (χ3n) is 4.94. The first-order valence-electron chi connectivity index (χ1n) is 9.18. The molecule has 0 atom stereocenters. The average Bonchev–Trinajstić information content (AvgIpc) is 3.01. The monoisotopic (exact) mass is 343 g/mol. The molecule has 0 aliphatic carbocycles. The molecule has 0 amide bonds. The largest absolute Gasteiger partial charge is 0.318 e. The van der Waals surface area contributed by atoms with Crippen molar-refractivity contribution in [1.82, 2.24) is 14.8 Å². The molecule has 0 bridgehead atoms. The molecule has 0 radical (unpaired) electrons. The summed E-state index contributed by atoms with van der Waals surface area (Å²) < 4.78 is 2.38. The molecule has 26 heavy (non-hydrogen) atoms. The zero-order valence-corrected chi connectivity index (χ0v) is 15.4. The average molecular weight is 343 g/mol. The van der Waals surface area contributed by atoms with Crippen LogP contribution in [-0.2, 0) is 6.54 Å². The van der Waals surface area contributed by atoms with E-state index < -0.39 is 0 Å². The minimum absolute atomic E-state index is 0.951. The number of nitrogens with zero attached hydrogens (tertiary/aromatic N) is 2. The smallest absolute Gasteiger partial charge is 0.0541 e. The van der Waals surface area contributed by atoms with Gasteiger partial charge in [0.05, 0.1) is 11.0 Å². The number of nitrogens with one attached hydrogen (secondary N) is 1. The van der Waals surface area contributed by atoms with Crippen LogP contribution >= 0.6 is 0 Å². The third-order valence-corrected chi connectivity index (χ3v) is 4.94. The molecule has 132 valence electrons. The van der Waals surface area contributed by atoms with Gasteiger partial charge in [-0.1, -0.05) is 48.5 Å². The van der Waals surface area contributed by atoms with Crippen LogP contribution in [-0.4, -0.2) is 36.7 Å². The Morgan fingerprint density at radius 3 is 2.15 bits per heavy atom. The van der Waals surface area contributed by atoms with Gasteiger partial charge in [0.25, 0.3) is 0 Å². The van der Waals surface area contributed by atoms with Gasteiger partial charge in [-0.2, -0.15) is 0 Å². The molecule has 4 rings (SSSR count). The van der Waals surface area contributed by atoms with Crippen LogP contribution in [0.3, 0.4) is 0 Å². The third kappa shape index (κ3) is 3.12. The molecule has 0 unspecified atom stereocenters. The summed E-state index contributed by atoms with van der Waals surface area (Å²) in [6, 6.07) is 26.2. The van der Waals surface area contributed by atoms with Gasteiger partial charge in [0.2, 0.25) is 0 Å². The molecular formula is C23H25N3. The van der Waals surface area contributed by atoms with Crippen molar-refractivity contribution in [2.45, 2.75) is 6.54 Å². The normalized spacial score (nSPS) is 11.7. The summed E-state index contributed by atoms with van der Waals surface area (Å²) in [6.07, 6.45) is 0. The van der Waals surface area contributed by atoms with E-state index >= 15 is 0 Å². The summed E-state index contributed by atoms with van der Waals surface area (Å²) in [5.41, 5.74) is 5.08. The maximum Gasteiger partial charge on any atom is 0.0541 e. The van der Waals surface area contributed by atoms with Gasteiger partial charge in [-0.05, 0) is 43.9 Å². The van der Waals surface area contributed by atoms with Crippen LogP contribution in [0, 0.1) is 0 Å². The highest BCUT2D eigenvalue weighted by Crippen LogP contribution is 2.31. The Balaban J connectivity index is 1.79. The SMILES string of the molecule is CNCCN(C)Cc1cccc(-n2c3ccccc3c3ccccc32)c1. The predicted octanol–water partition coefficient (Wildman–Crippen LogP) is 4.43. The topological polar surface area (TPSA) is 20.2 Å². The van der Waals surface area contributed by atoms with E-state index in [0.717, 1.165) is 19.6 Å². The number of para-hydroxylation sites is 2. The van der Waals surface area contributed by atoms with Gasteiger partial charge in [0.1, 0.15) is 0 Å². The first kappa shape index (κ1) is 16.8. The summed E-state index contributed by atoms with van der Waals surface area (Å²) >= 11 is 0. The lowest BCUT2D eigenvalue weighted by Gasteiger charge is -2.17. The maximum absolute atomic E-state index is 3.21. The van der Waals surface area contributed by atoms with Crippen LogP contribution in [0.2, 0.25) is 0 Å². The zero-order valence-electron chi connectivity index (χ0n) is 15.4.